The second-order valence-corrected chi connectivity index (χ2v) is 28.6. The van der Waals surface area contributed by atoms with Crippen molar-refractivity contribution in [2.45, 2.75) is 400 Å². The fraction of sp³-hybridized carbons (Fsp3) is 1.00. The fourth-order valence-corrected chi connectivity index (χ4v) is 17.4. The molecule has 0 fully saturated rings. The Labute approximate surface area is 430 Å². The summed E-state index contributed by atoms with van der Waals surface area (Å²) in [4.78, 5) is 0. The van der Waals surface area contributed by atoms with Crippen molar-refractivity contribution in [1.82, 2.24) is 0 Å². The maximum atomic E-state index is 2.35. The fourth-order valence-electron chi connectivity index (χ4n) is 11.9. The summed E-state index contributed by atoms with van der Waals surface area (Å²) in [6.45, 7) is 9.35. The summed E-state index contributed by atoms with van der Waals surface area (Å²) in [5.41, 5.74) is 0. The first-order valence-corrected chi connectivity index (χ1v) is 36.1. The Hall–Kier alpha value is 0.430. The van der Waals surface area contributed by atoms with Gasteiger partial charge in [-0.3, -0.25) is 0 Å². The zero-order valence-electron chi connectivity index (χ0n) is 48.3. The van der Waals surface area contributed by atoms with Gasteiger partial charge in [-0.25, -0.2) is 0 Å². The molecule has 0 aromatic heterocycles. The van der Waals surface area contributed by atoms with Crippen molar-refractivity contribution < 1.29 is 0 Å². The minimum atomic E-state index is -1.21. The van der Waals surface area contributed by atoms with Crippen LogP contribution in [0.4, 0.5) is 0 Å². The van der Waals surface area contributed by atoms with Crippen LogP contribution in [0.2, 0.25) is 0 Å². The van der Waals surface area contributed by atoms with Gasteiger partial charge in [0.1, 0.15) is 0 Å². The van der Waals surface area contributed by atoms with E-state index in [1.54, 1.807) is 76.0 Å². The first-order valence-electron chi connectivity index (χ1n) is 33.2. The van der Waals surface area contributed by atoms with Crippen molar-refractivity contribution in [3.63, 3.8) is 0 Å². The summed E-state index contributed by atoms with van der Waals surface area (Å²) in [5, 5.41) is 0. The van der Waals surface area contributed by atoms with E-state index in [9.17, 15) is 0 Å². The van der Waals surface area contributed by atoms with Gasteiger partial charge in [-0.05, 0) is 0 Å². The molecule has 0 unspecified atom stereocenters. The summed E-state index contributed by atoms with van der Waals surface area (Å²) in [6, 6.07) is 0. The SMILES string of the molecule is CCCCCCCCCCCCCCCCCC[PH](CCCCCCCCCCCC)(CCCCCCCCCCCCCCCCCC)CCCCCCCCCCCCCCCCCC. The first-order chi connectivity index (χ1) is 33.2. The van der Waals surface area contributed by atoms with Gasteiger partial charge in [0.25, 0.3) is 0 Å². The van der Waals surface area contributed by atoms with Gasteiger partial charge in [0.05, 0.1) is 0 Å². The quantitative estimate of drug-likeness (QED) is 0.0421. The third-order valence-corrected chi connectivity index (χ3v) is 22.4. The van der Waals surface area contributed by atoms with Gasteiger partial charge < -0.3 is 0 Å². The molecular weight excluding hydrogens is 824 g/mol. The molecule has 0 saturated carbocycles. The average Bonchev–Trinajstić information content (AvgIpc) is 3.34. The van der Waals surface area contributed by atoms with Crippen LogP contribution in [0.1, 0.15) is 400 Å². The molecule has 0 aromatic rings. The molecule has 0 nitrogen and oxygen atoms in total. The Balaban J connectivity index is 4.87. The zero-order chi connectivity index (χ0) is 48.3. The molecule has 0 radical (unpaired) electrons. The molecule has 0 aliphatic heterocycles. The van der Waals surface area contributed by atoms with Crippen molar-refractivity contribution in [1.29, 1.82) is 0 Å². The molecule has 0 spiro atoms. The monoisotopic (exact) mass is 961 g/mol. The van der Waals surface area contributed by atoms with Crippen LogP contribution in [0.15, 0.2) is 0 Å². The molecule has 406 valence electrons. The van der Waals surface area contributed by atoms with Crippen molar-refractivity contribution in [2.75, 3.05) is 24.6 Å². The molecule has 0 amide bonds. The van der Waals surface area contributed by atoms with Crippen LogP contribution in [0.3, 0.4) is 0 Å². The van der Waals surface area contributed by atoms with Crippen LogP contribution >= 0.6 is 7.26 Å². The number of rotatable bonds is 62. The molecule has 0 bridgehead atoms. The molecule has 0 heterocycles. The van der Waals surface area contributed by atoms with Gasteiger partial charge in [0.2, 0.25) is 0 Å². The third kappa shape index (κ3) is 55.6. The summed E-state index contributed by atoms with van der Waals surface area (Å²) in [5.74, 6) is 0. The van der Waals surface area contributed by atoms with Crippen LogP contribution in [0.5, 0.6) is 0 Å². The third-order valence-electron chi connectivity index (χ3n) is 16.7. The van der Waals surface area contributed by atoms with Crippen LogP contribution in [-0.4, -0.2) is 24.6 Å². The van der Waals surface area contributed by atoms with Gasteiger partial charge >= 0.3 is 315 Å². The summed E-state index contributed by atoms with van der Waals surface area (Å²) >= 11 is 0. The summed E-state index contributed by atoms with van der Waals surface area (Å²) in [7, 11) is -1.21. The van der Waals surface area contributed by atoms with Crippen LogP contribution in [-0.2, 0) is 0 Å². The van der Waals surface area contributed by atoms with E-state index in [4.69, 9.17) is 0 Å². The second kappa shape index (κ2) is 60.7. The van der Waals surface area contributed by atoms with Gasteiger partial charge in [-0.1, -0.05) is 117 Å². The Bertz CT molecular complexity index is 745. The van der Waals surface area contributed by atoms with E-state index >= 15 is 0 Å². The summed E-state index contributed by atoms with van der Waals surface area (Å²) in [6.07, 6.45) is 93.6. The van der Waals surface area contributed by atoms with Gasteiger partial charge in [-0.2, -0.15) is 0 Å². The topological polar surface area (TPSA) is 0 Å². The average molecular weight is 962 g/mol. The number of unbranched alkanes of at least 4 members (excludes halogenated alkanes) is 54. The zero-order valence-corrected chi connectivity index (χ0v) is 49.3. The molecule has 0 aliphatic rings. The predicted octanol–water partition coefficient (Wildman–Crippen LogP) is 25.4. The van der Waals surface area contributed by atoms with Crippen LogP contribution < -0.4 is 0 Å². The minimum absolute atomic E-state index is 1.21. The second-order valence-electron chi connectivity index (χ2n) is 23.6. The smallest absolute Gasteiger partial charge is 0.0654 e. The molecular formula is C66H137P. The first kappa shape index (κ1) is 67.4. The molecule has 0 atom stereocenters. The van der Waals surface area contributed by atoms with E-state index in [2.05, 4.69) is 27.7 Å². The van der Waals surface area contributed by atoms with E-state index in [-0.39, 0.29) is 0 Å². The molecule has 0 rings (SSSR count). The Morgan fingerprint density at radius 2 is 0.209 bits per heavy atom. The Morgan fingerprint density at radius 3 is 0.313 bits per heavy atom. The standard InChI is InChI=1S/C66H137P/c1-5-9-13-17-21-25-29-32-35-38-41-44-48-52-56-60-64-67(63-59-55-51-47-28-24-20-16-12-8-4,65-61-57-53-49-45-42-39-36-33-30-26-22-18-14-10-6-2)66-62-58-54-50-46-43-40-37-34-31-27-23-19-15-11-7-3/h67H,5-66H2,1-4H3. The van der Waals surface area contributed by atoms with Gasteiger partial charge in [-0.15, -0.1) is 0 Å². The molecule has 67 heavy (non-hydrogen) atoms. The minimum Gasteiger partial charge on any atom is -0.0654 e. The van der Waals surface area contributed by atoms with Crippen molar-refractivity contribution in [3.8, 4) is 0 Å². The molecule has 0 aromatic carbocycles. The van der Waals surface area contributed by atoms with E-state index in [0.29, 0.717) is 0 Å². The number of hydrogen-bond acceptors (Lipinski definition) is 0. The van der Waals surface area contributed by atoms with E-state index in [0.717, 1.165) is 0 Å². The normalized spacial score (nSPS) is 12.2. The predicted molar refractivity (Wildman–Crippen MR) is 318 cm³/mol. The molecule has 0 aliphatic carbocycles. The molecule has 1 heteroatoms. The van der Waals surface area contributed by atoms with Crippen molar-refractivity contribution in [2.24, 2.45) is 0 Å². The molecule has 0 saturated heterocycles. The number of hydrogen-bond donors (Lipinski definition) is 0. The van der Waals surface area contributed by atoms with Crippen molar-refractivity contribution >= 4 is 7.26 Å². The molecule has 0 N–H and O–H groups in total. The van der Waals surface area contributed by atoms with Gasteiger partial charge in [0, 0.05) is 0 Å². The summed E-state index contributed by atoms with van der Waals surface area (Å²) < 4.78 is 0. The van der Waals surface area contributed by atoms with E-state index in [1.165, 1.54) is 321 Å². The van der Waals surface area contributed by atoms with Crippen LogP contribution in [0, 0.1) is 0 Å². The van der Waals surface area contributed by atoms with E-state index < -0.39 is 7.26 Å². The van der Waals surface area contributed by atoms with E-state index in [1.807, 2.05) is 0 Å². The Kier molecular flexibility index (Phi) is 61.1. The Morgan fingerprint density at radius 1 is 0.119 bits per heavy atom. The van der Waals surface area contributed by atoms with Crippen LogP contribution in [0.25, 0.3) is 0 Å². The maximum absolute atomic E-state index is 2.35. The van der Waals surface area contributed by atoms with Crippen molar-refractivity contribution in [3.05, 3.63) is 0 Å². The van der Waals surface area contributed by atoms with Gasteiger partial charge in [0.15, 0.2) is 0 Å².